The molecule has 0 saturated carbocycles. The molecular formula is C14H12F3N3. The molecule has 0 spiro atoms. The molecule has 0 aromatic heterocycles. The van der Waals surface area contributed by atoms with E-state index in [9.17, 15) is 13.2 Å². The lowest BCUT2D eigenvalue weighted by Crippen LogP contribution is -2.10. The van der Waals surface area contributed by atoms with E-state index in [0.717, 1.165) is 12.3 Å². The van der Waals surface area contributed by atoms with Crippen LogP contribution in [0.5, 0.6) is 0 Å². The summed E-state index contributed by atoms with van der Waals surface area (Å²) in [6, 6.07) is 7.07. The second-order valence-electron chi connectivity index (χ2n) is 4.38. The summed E-state index contributed by atoms with van der Waals surface area (Å²) >= 11 is 0. The van der Waals surface area contributed by atoms with Crippen LogP contribution in [0, 0.1) is 22.7 Å². The van der Waals surface area contributed by atoms with Crippen molar-refractivity contribution >= 4 is 5.69 Å². The summed E-state index contributed by atoms with van der Waals surface area (Å²) in [5.41, 5.74) is -0.751. The summed E-state index contributed by atoms with van der Waals surface area (Å²) in [5.74, 6) is -0.0329. The zero-order chi connectivity index (χ0) is 15.3. The molecule has 1 aromatic rings. The van der Waals surface area contributed by atoms with E-state index in [1.54, 1.807) is 32.1 Å². The van der Waals surface area contributed by atoms with Gasteiger partial charge in [0.25, 0.3) is 0 Å². The Morgan fingerprint density at radius 1 is 1.25 bits per heavy atom. The number of rotatable bonds is 3. The van der Waals surface area contributed by atoms with Crippen molar-refractivity contribution in [3.8, 4) is 12.1 Å². The molecule has 6 heteroatoms. The summed E-state index contributed by atoms with van der Waals surface area (Å²) in [6.45, 7) is 3.60. The Morgan fingerprint density at radius 3 is 2.30 bits per heavy atom. The number of nitrogens with one attached hydrogen (secondary N) is 1. The maximum atomic E-state index is 13.0. The molecule has 0 aliphatic carbocycles. The molecule has 0 radical (unpaired) electrons. The third-order valence-corrected chi connectivity index (χ3v) is 2.63. The molecular weight excluding hydrogens is 267 g/mol. The largest absolute Gasteiger partial charge is 0.418 e. The van der Waals surface area contributed by atoms with E-state index in [0.29, 0.717) is 5.56 Å². The van der Waals surface area contributed by atoms with Gasteiger partial charge in [-0.25, -0.2) is 0 Å². The number of nitriles is 2. The van der Waals surface area contributed by atoms with E-state index in [2.05, 4.69) is 5.32 Å². The Bertz CT molecular complexity index is 586. The van der Waals surface area contributed by atoms with Gasteiger partial charge in [0.1, 0.15) is 17.7 Å². The van der Waals surface area contributed by atoms with Gasteiger partial charge in [0.15, 0.2) is 0 Å². The van der Waals surface area contributed by atoms with Gasteiger partial charge >= 0.3 is 6.18 Å². The summed E-state index contributed by atoms with van der Waals surface area (Å²) in [5, 5.41) is 19.5. The molecule has 0 aliphatic heterocycles. The Labute approximate surface area is 114 Å². The molecule has 0 unspecified atom stereocenters. The lowest BCUT2D eigenvalue weighted by atomic mass is 9.99. The number of halogens is 3. The van der Waals surface area contributed by atoms with Crippen molar-refractivity contribution in [1.82, 2.24) is 0 Å². The average molecular weight is 279 g/mol. The Morgan fingerprint density at radius 2 is 1.85 bits per heavy atom. The van der Waals surface area contributed by atoms with Crippen LogP contribution in [0.1, 0.15) is 30.9 Å². The SMILES string of the molecule is CC(C)c1ccc(NC=C(C#N)C#N)c(C(F)(F)F)c1. The molecule has 0 atom stereocenters. The molecule has 1 aromatic carbocycles. The lowest BCUT2D eigenvalue weighted by Gasteiger charge is -2.15. The second kappa shape index (κ2) is 6.12. The molecule has 104 valence electrons. The van der Waals surface area contributed by atoms with Gasteiger partial charge in [0.05, 0.1) is 11.3 Å². The maximum Gasteiger partial charge on any atom is 0.418 e. The van der Waals surface area contributed by atoms with Crippen molar-refractivity contribution in [2.75, 3.05) is 5.32 Å². The second-order valence-corrected chi connectivity index (χ2v) is 4.38. The van der Waals surface area contributed by atoms with Gasteiger partial charge in [-0.15, -0.1) is 0 Å². The predicted molar refractivity (Wildman–Crippen MR) is 68.5 cm³/mol. The van der Waals surface area contributed by atoms with Crippen LogP contribution in [0.2, 0.25) is 0 Å². The average Bonchev–Trinajstić information content (AvgIpc) is 2.38. The van der Waals surface area contributed by atoms with Gasteiger partial charge in [-0.1, -0.05) is 19.9 Å². The highest BCUT2D eigenvalue weighted by Gasteiger charge is 2.33. The smallest absolute Gasteiger partial charge is 0.359 e. The number of hydrogen-bond donors (Lipinski definition) is 1. The van der Waals surface area contributed by atoms with E-state index in [1.165, 1.54) is 6.07 Å². The fraction of sp³-hybridized carbons (Fsp3) is 0.286. The van der Waals surface area contributed by atoms with Gasteiger partial charge < -0.3 is 5.32 Å². The van der Waals surface area contributed by atoms with Gasteiger partial charge in [0, 0.05) is 6.20 Å². The van der Waals surface area contributed by atoms with Crippen LogP contribution >= 0.6 is 0 Å². The first kappa shape index (κ1) is 15.6. The molecule has 0 aliphatic rings. The number of benzene rings is 1. The minimum absolute atomic E-state index is 0.0329. The number of allylic oxidation sites excluding steroid dienone is 1. The Kier molecular flexibility index (Phi) is 4.77. The quantitative estimate of drug-likeness (QED) is 0.845. The van der Waals surface area contributed by atoms with Crippen LogP contribution in [0.15, 0.2) is 30.0 Å². The van der Waals surface area contributed by atoms with E-state index < -0.39 is 11.7 Å². The zero-order valence-corrected chi connectivity index (χ0v) is 10.9. The topological polar surface area (TPSA) is 59.6 Å². The van der Waals surface area contributed by atoms with Crippen molar-refractivity contribution in [3.05, 3.63) is 41.1 Å². The van der Waals surface area contributed by atoms with Gasteiger partial charge in [0.2, 0.25) is 0 Å². The van der Waals surface area contributed by atoms with Crippen molar-refractivity contribution < 1.29 is 13.2 Å². The highest BCUT2D eigenvalue weighted by molar-refractivity contribution is 5.57. The molecule has 3 nitrogen and oxygen atoms in total. The van der Waals surface area contributed by atoms with E-state index >= 15 is 0 Å². The van der Waals surface area contributed by atoms with Gasteiger partial charge in [-0.2, -0.15) is 23.7 Å². The minimum Gasteiger partial charge on any atom is -0.359 e. The van der Waals surface area contributed by atoms with E-state index in [-0.39, 0.29) is 17.2 Å². The summed E-state index contributed by atoms with van der Waals surface area (Å²) < 4.78 is 39.0. The standard InChI is InChI=1S/C14H12F3N3/c1-9(2)11-3-4-13(12(5-11)14(15,16)17)20-8-10(6-18)7-19/h3-5,8-9,20H,1-2H3. The third kappa shape index (κ3) is 3.76. The fourth-order valence-electron chi connectivity index (χ4n) is 1.52. The zero-order valence-electron chi connectivity index (χ0n) is 10.9. The van der Waals surface area contributed by atoms with Crippen LogP contribution in [-0.4, -0.2) is 0 Å². The molecule has 1 N–H and O–H groups in total. The molecule has 0 bridgehead atoms. The molecule has 0 saturated heterocycles. The minimum atomic E-state index is -4.51. The van der Waals surface area contributed by atoms with Gasteiger partial charge in [-0.3, -0.25) is 0 Å². The van der Waals surface area contributed by atoms with Crippen molar-refractivity contribution in [2.45, 2.75) is 25.9 Å². The first-order valence-corrected chi connectivity index (χ1v) is 5.77. The fourth-order valence-corrected chi connectivity index (χ4v) is 1.52. The number of anilines is 1. The molecule has 20 heavy (non-hydrogen) atoms. The van der Waals surface area contributed by atoms with Crippen molar-refractivity contribution in [1.29, 1.82) is 10.5 Å². The maximum absolute atomic E-state index is 13.0. The highest BCUT2D eigenvalue weighted by Crippen LogP contribution is 2.36. The summed E-state index contributed by atoms with van der Waals surface area (Å²) in [6.07, 6.45) is -3.56. The molecule has 0 fully saturated rings. The first-order valence-electron chi connectivity index (χ1n) is 5.77. The van der Waals surface area contributed by atoms with Crippen LogP contribution < -0.4 is 5.32 Å². The highest BCUT2D eigenvalue weighted by atomic mass is 19.4. The Balaban J connectivity index is 3.24. The predicted octanol–water partition coefficient (Wildman–Crippen LogP) is 4.17. The third-order valence-electron chi connectivity index (χ3n) is 2.63. The lowest BCUT2D eigenvalue weighted by molar-refractivity contribution is -0.137. The molecule has 0 amide bonds. The monoisotopic (exact) mass is 279 g/mol. The number of alkyl halides is 3. The Hall–Kier alpha value is -2.47. The van der Waals surface area contributed by atoms with E-state index in [4.69, 9.17) is 10.5 Å². The number of hydrogen-bond acceptors (Lipinski definition) is 3. The first-order chi connectivity index (χ1) is 9.29. The summed E-state index contributed by atoms with van der Waals surface area (Å²) in [4.78, 5) is 0. The molecule has 1 rings (SSSR count). The summed E-state index contributed by atoms with van der Waals surface area (Å²) in [7, 11) is 0. The van der Waals surface area contributed by atoms with Crippen LogP contribution in [0.25, 0.3) is 0 Å². The van der Waals surface area contributed by atoms with Crippen molar-refractivity contribution in [2.24, 2.45) is 0 Å². The van der Waals surface area contributed by atoms with Crippen LogP contribution in [0.3, 0.4) is 0 Å². The van der Waals surface area contributed by atoms with E-state index in [1.807, 2.05) is 0 Å². The number of nitrogens with zero attached hydrogens (tertiary/aromatic N) is 2. The molecule has 0 heterocycles. The normalized spacial score (nSPS) is 10.6. The van der Waals surface area contributed by atoms with Crippen molar-refractivity contribution in [3.63, 3.8) is 0 Å². The van der Waals surface area contributed by atoms with Gasteiger partial charge in [-0.05, 0) is 23.6 Å². The van der Waals surface area contributed by atoms with Crippen LogP contribution in [0.4, 0.5) is 18.9 Å². The van der Waals surface area contributed by atoms with Crippen LogP contribution in [-0.2, 0) is 6.18 Å².